The van der Waals surface area contributed by atoms with Crippen molar-refractivity contribution in [3.63, 3.8) is 0 Å². The van der Waals surface area contributed by atoms with Crippen molar-refractivity contribution in [3.8, 4) is 0 Å². The van der Waals surface area contributed by atoms with Crippen molar-refractivity contribution < 1.29 is 23.8 Å². The summed E-state index contributed by atoms with van der Waals surface area (Å²) in [6.45, 7) is 9.93. The van der Waals surface area contributed by atoms with E-state index in [0.29, 0.717) is 24.4 Å². The Balaban J connectivity index is 1.47. The van der Waals surface area contributed by atoms with Crippen LogP contribution in [0.3, 0.4) is 0 Å². The maximum absolute atomic E-state index is 13.0. The van der Waals surface area contributed by atoms with Crippen LogP contribution in [0.2, 0.25) is 0 Å². The highest BCUT2D eigenvalue weighted by molar-refractivity contribution is 5.72. The molecule has 0 radical (unpaired) electrons. The van der Waals surface area contributed by atoms with Gasteiger partial charge in [0.1, 0.15) is 0 Å². The van der Waals surface area contributed by atoms with E-state index < -0.39 is 0 Å². The second-order valence-electron chi connectivity index (χ2n) is 10.1. The molecule has 3 saturated heterocycles. The molecule has 3 heterocycles. The first-order valence-corrected chi connectivity index (χ1v) is 12.3. The van der Waals surface area contributed by atoms with Gasteiger partial charge in [-0.05, 0) is 64.7 Å². The van der Waals surface area contributed by atoms with Crippen molar-refractivity contribution in [2.45, 2.75) is 83.1 Å². The smallest absolute Gasteiger partial charge is 0.410 e. The summed E-state index contributed by atoms with van der Waals surface area (Å²) < 4.78 is 16.2. The van der Waals surface area contributed by atoms with Gasteiger partial charge in [0.05, 0.1) is 31.3 Å². The molecule has 0 aromatic carbocycles. The summed E-state index contributed by atoms with van der Waals surface area (Å²) in [7, 11) is 1.43. The average Bonchev–Trinajstić information content (AvgIpc) is 3.28. The molecule has 5 atom stereocenters. The van der Waals surface area contributed by atoms with Crippen LogP contribution in [0.15, 0.2) is 0 Å². The Morgan fingerprint density at radius 1 is 1.00 bits per heavy atom. The molecule has 4 rings (SSSR count). The third-order valence-corrected chi connectivity index (χ3v) is 7.76. The van der Waals surface area contributed by atoms with Gasteiger partial charge in [-0.15, -0.1) is 0 Å². The van der Waals surface area contributed by atoms with E-state index in [1.54, 1.807) is 0 Å². The minimum absolute atomic E-state index is 0.0249. The molecule has 4 unspecified atom stereocenters. The fourth-order valence-electron chi connectivity index (χ4n) is 6.19. The first kappa shape index (κ1) is 23.6. The summed E-state index contributed by atoms with van der Waals surface area (Å²) in [6.07, 6.45) is 4.27. The van der Waals surface area contributed by atoms with Crippen molar-refractivity contribution >= 4 is 12.2 Å². The number of methoxy groups -OCH3 is 1. The highest BCUT2D eigenvalue weighted by Crippen LogP contribution is 2.40. The lowest BCUT2D eigenvalue weighted by Crippen LogP contribution is -2.67. The van der Waals surface area contributed by atoms with E-state index in [9.17, 15) is 9.59 Å². The van der Waals surface area contributed by atoms with Crippen LogP contribution < -0.4 is 5.43 Å². The normalized spacial score (nSPS) is 34.5. The predicted octanol–water partition coefficient (Wildman–Crippen LogP) is 2.46. The van der Waals surface area contributed by atoms with Crippen molar-refractivity contribution in [2.24, 2.45) is 11.8 Å². The van der Waals surface area contributed by atoms with Gasteiger partial charge >= 0.3 is 12.2 Å². The summed E-state index contributed by atoms with van der Waals surface area (Å²) >= 11 is 0. The quantitative estimate of drug-likeness (QED) is 0.704. The van der Waals surface area contributed by atoms with Crippen LogP contribution >= 0.6 is 0 Å². The molecule has 4 aliphatic rings. The fraction of sp³-hybridized carbons (Fsp3) is 0.913. The molecular formula is C23H40N4O5. The standard InChI is InChI=1S/C23H40N4O5/c1-15(2)32-22(28)25-13-16(3)27(23(29)30-4)20-6-5-17(11-21(20)25)18-12-24-26(14-18)19-7-9-31-10-8-19/h15-21,24H,5-14H2,1-4H3/t16-,17?,18?,20?,21?/m0/s1. The highest BCUT2D eigenvalue weighted by Gasteiger charge is 2.49. The first-order valence-electron chi connectivity index (χ1n) is 12.3. The Labute approximate surface area is 191 Å². The third kappa shape index (κ3) is 4.84. The number of carbonyl (C=O) groups excluding carboxylic acids is 2. The van der Waals surface area contributed by atoms with Crippen LogP contribution in [0.5, 0.6) is 0 Å². The number of nitrogens with zero attached hydrogens (tertiary/aromatic N) is 3. The minimum Gasteiger partial charge on any atom is -0.453 e. The number of ether oxygens (including phenoxy) is 3. The van der Waals surface area contributed by atoms with Gasteiger partial charge in [0.15, 0.2) is 0 Å². The maximum Gasteiger partial charge on any atom is 0.410 e. The van der Waals surface area contributed by atoms with Crippen LogP contribution in [0.1, 0.15) is 52.9 Å². The summed E-state index contributed by atoms with van der Waals surface area (Å²) in [5, 5.41) is 2.42. The van der Waals surface area contributed by atoms with Crippen LogP contribution in [-0.4, -0.2) is 97.2 Å². The van der Waals surface area contributed by atoms with Gasteiger partial charge in [-0.25, -0.2) is 14.6 Å². The number of hydrogen-bond acceptors (Lipinski definition) is 7. The zero-order valence-corrected chi connectivity index (χ0v) is 20.0. The number of piperazine rings is 1. The number of hydrazine groups is 1. The molecule has 3 aliphatic heterocycles. The minimum atomic E-state index is -0.295. The molecule has 0 aromatic heterocycles. The largest absolute Gasteiger partial charge is 0.453 e. The topological polar surface area (TPSA) is 83.6 Å². The monoisotopic (exact) mass is 452 g/mol. The molecule has 1 aliphatic carbocycles. The third-order valence-electron chi connectivity index (χ3n) is 7.76. The molecule has 0 aromatic rings. The summed E-state index contributed by atoms with van der Waals surface area (Å²) in [6, 6.07) is 0.389. The van der Waals surface area contributed by atoms with E-state index in [1.807, 2.05) is 30.6 Å². The van der Waals surface area contributed by atoms with Crippen molar-refractivity contribution in [2.75, 3.05) is 40.0 Å². The average molecular weight is 453 g/mol. The molecule has 1 N–H and O–H groups in total. The summed E-state index contributed by atoms with van der Waals surface area (Å²) in [5.74, 6) is 1.06. The van der Waals surface area contributed by atoms with Gasteiger partial charge in [0.25, 0.3) is 0 Å². The van der Waals surface area contributed by atoms with Crippen molar-refractivity contribution in [3.05, 3.63) is 0 Å². The van der Waals surface area contributed by atoms with Crippen molar-refractivity contribution in [1.29, 1.82) is 0 Å². The summed E-state index contributed by atoms with van der Waals surface area (Å²) in [5.41, 5.74) is 3.64. The zero-order valence-electron chi connectivity index (χ0n) is 20.0. The van der Waals surface area contributed by atoms with Gasteiger partial charge < -0.3 is 19.1 Å². The Kier molecular flexibility index (Phi) is 7.47. The lowest BCUT2D eigenvalue weighted by Gasteiger charge is -2.53. The van der Waals surface area contributed by atoms with E-state index in [4.69, 9.17) is 14.2 Å². The van der Waals surface area contributed by atoms with E-state index in [0.717, 1.165) is 58.4 Å². The molecule has 182 valence electrons. The van der Waals surface area contributed by atoms with Gasteiger partial charge in [-0.2, -0.15) is 0 Å². The first-order chi connectivity index (χ1) is 15.4. The zero-order chi connectivity index (χ0) is 22.8. The van der Waals surface area contributed by atoms with E-state index >= 15 is 0 Å². The Hall–Kier alpha value is -1.58. The SMILES string of the molecule is COC(=O)N1C2CCC(C3CNN(C4CCOCC4)C3)CC2N(C(=O)OC(C)C)C[C@@H]1C. The molecule has 9 heteroatoms. The second-order valence-corrected chi connectivity index (χ2v) is 10.1. The molecule has 2 amide bonds. The van der Waals surface area contributed by atoms with Gasteiger partial charge in [0.2, 0.25) is 0 Å². The van der Waals surface area contributed by atoms with Crippen LogP contribution in [0.4, 0.5) is 9.59 Å². The molecule has 32 heavy (non-hydrogen) atoms. The van der Waals surface area contributed by atoms with E-state index in [2.05, 4.69) is 10.4 Å². The molecular weight excluding hydrogens is 412 g/mol. The molecule has 0 spiro atoms. The van der Waals surface area contributed by atoms with Crippen LogP contribution in [0, 0.1) is 11.8 Å². The van der Waals surface area contributed by atoms with E-state index in [1.165, 1.54) is 7.11 Å². The molecule has 1 saturated carbocycles. The lowest BCUT2D eigenvalue weighted by atomic mass is 9.73. The van der Waals surface area contributed by atoms with Gasteiger partial charge in [-0.3, -0.25) is 10.3 Å². The molecule has 4 fully saturated rings. The Morgan fingerprint density at radius 2 is 1.75 bits per heavy atom. The summed E-state index contributed by atoms with van der Waals surface area (Å²) in [4.78, 5) is 29.3. The fourth-order valence-corrected chi connectivity index (χ4v) is 6.19. The number of nitrogens with one attached hydrogen (secondary N) is 1. The molecule has 9 nitrogen and oxygen atoms in total. The lowest BCUT2D eigenvalue weighted by molar-refractivity contribution is -0.0447. The van der Waals surface area contributed by atoms with E-state index in [-0.39, 0.29) is 36.4 Å². The number of carbonyl (C=O) groups is 2. The predicted molar refractivity (Wildman–Crippen MR) is 119 cm³/mol. The number of fused-ring (bicyclic) bond motifs is 1. The Morgan fingerprint density at radius 3 is 2.44 bits per heavy atom. The molecule has 0 bridgehead atoms. The van der Waals surface area contributed by atoms with Crippen LogP contribution in [0.25, 0.3) is 0 Å². The number of rotatable bonds is 3. The van der Waals surface area contributed by atoms with Crippen LogP contribution in [-0.2, 0) is 14.2 Å². The maximum atomic E-state index is 13.0. The highest BCUT2D eigenvalue weighted by atomic mass is 16.6. The van der Waals surface area contributed by atoms with Gasteiger partial charge in [0, 0.05) is 38.9 Å². The Bertz CT molecular complexity index is 671. The number of hydrogen-bond donors (Lipinski definition) is 1. The number of amides is 2. The van der Waals surface area contributed by atoms with Crippen molar-refractivity contribution in [1.82, 2.24) is 20.2 Å². The van der Waals surface area contributed by atoms with Gasteiger partial charge in [-0.1, -0.05) is 0 Å². The second kappa shape index (κ2) is 10.1.